The van der Waals surface area contributed by atoms with E-state index in [1.165, 1.54) is 0 Å². The van der Waals surface area contributed by atoms with Crippen LogP contribution in [0, 0.1) is 0 Å². The van der Waals surface area contributed by atoms with Crippen molar-refractivity contribution in [2.45, 2.75) is 6.54 Å². The van der Waals surface area contributed by atoms with Crippen molar-refractivity contribution in [2.75, 3.05) is 19.5 Å². The van der Waals surface area contributed by atoms with Crippen molar-refractivity contribution in [2.24, 2.45) is 0 Å². The second-order valence-corrected chi connectivity index (χ2v) is 4.91. The van der Waals surface area contributed by atoms with Gasteiger partial charge in [-0.15, -0.1) is 0 Å². The number of nitrogens with zero attached hydrogens (tertiary/aromatic N) is 2. The van der Waals surface area contributed by atoms with Gasteiger partial charge in [0.2, 0.25) is 0 Å². The smallest absolute Gasteiger partial charge is 0.290 e. The van der Waals surface area contributed by atoms with Gasteiger partial charge in [0.05, 0.1) is 31.6 Å². The molecule has 0 fully saturated rings. The highest BCUT2D eigenvalue weighted by molar-refractivity contribution is 5.90. The molecule has 2 aromatic carbocycles. The Kier molecular flexibility index (Phi) is 6.53. The fraction of sp³-hybridized carbons (Fsp3) is 0.167. The van der Waals surface area contributed by atoms with E-state index in [0.717, 1.165) is 33.7 Å². The number of anilines is 1. The van der Waals surface area contributed by atoms with Gasteiger partial charge in [0.15, 0.2) is 0 Å². The molecule has 0 saturated carbocycles. The van der Waals surface area contributed by atoms with Crippen molar-refractivity contribution in [3.63, 3.8) is 0 Å². The fourth-order valence-corrected chi connectivity index (χ4v) is 2.34. The molecule has 25 heavy (non-hydrogen) atoms. The number of aromatic nitrogens is 2. The van der Waals surface area contributed by atoms with Crippen LogP contribution < -0.4 is 14.8 Å². The molecule has 0 unspecified atom stereocenters. The highest BCUT2D eigenvalue weighted by Crippen LogP contribution is 2.26. The van der Waals surface area contributed by atoms with E-state index in [9.17, 15) is 0 Å². The molecule has 0 bridgehead atoms. The monoisotopic (exact) mass is 341 g/mol. The van der Waals surface area contributed by atoms with Crippen LogP contribution in [0.3, 0.4) is 0 Å². The largest absolute Gasteiger partial charge is 0.497 e. The fourth-order valence-electron chi connectivity index (χ4n) is 2.34. The van der Waals surface area contributed by atoms with Crippen LogP contribution in [0.1, 0.15) is 5.56 Å². The van der Waals surface area contributed by atoms with Crippen LogP contribution in [0.4, 0.5) is 5.69 Å². The van der Waals surface area contributed by atoms with Crippen LogP contribution in [0.5, 0.6) is 11.5 Å². The van der Waals surface area contributed by atoms with Crippen molar-refractivity contribution in [1.82, 2.24) is 10.2 Å². The summed E-state index contributed by atoms with van der Waals surface area (Å²) in [7, 11) is 3.29. The molecule has 7 heteroatoms. The van der Waals surface area contributed by atoms with Gasteiger partial charge in [-0.3, -0.25) is 4.79 Å². The molecule has 0 atom stereocenters. The number of fused-ring (bicyclic) bond motifs is 1. The van der Waals surface area contributed by atoms with Gasteiger partial charge >= 0.3 is 0 Å². The molecule has 0 amide bonds. The molecule has 130 valence electrons. The molecule has 3 rings (SSSR count). The van der Waals surface area contributed by atoms with Gasteiger partial charge in [-0.2, -0.15) is 10.2 Å². The Morgan fingerprint density at radius 2 is 1.92 bits per heavy atom. The summed E-state index contributed by atoms with van der Waals surface area (Å²) in [4.78, 5) is 8.36. The summed E-state index contributed by atoms with van der Waals surface area (Å²) in [5, 5.41) is 19.5. The minimum atomic E-state index is -0.250. The number of hydrogen-bond donors (Lipinski definition) is 2. The average molecular weight is 341 g/mol. The van der Waals surface area contributed by atoms with E-state index in [2.05, 4.69) is 15.5 Å². The van der Waals surface area contributed by atoms with E-state index >= 15 is 0 Å². The molecule has 0 spiro atoms. The van der Waals surface area contributed by atoms with Crippen molar-refractivity contribution >= 4 is 23.1 Å². The van der Waals surface area contributed by atoms with Gasteiger partial charge in [0.25, 0.3) is 6.47 Å². The number of rotatable bonds is 5. The van der Waals surface area contributed by atoms with E-state index in [1.807, 2.05) is 42.5 Å². The topological polar surface area (TPSA) is 93.6 Å². The number of methoxy groups -OCH3 is 2. The maximum Gasteiger partial charge on any atom is 0.290 e. The quantitative estimate of drug-likeness (QED) is 0.689. The van der Waals surface area contributed by atoms with Crippen LogP contribution in [-0.2, 0) is 11.3 Å². The number of benzene rings is 2. The maximum absolute atomic E-state index is 8.36. The number of hydrogen-bond acceptors (Lipinski definition) is 6. The zero-order chi connectivity index (χ0) is 18.1. The minimum absolute atomic E-state index is 0.250. The first-order valence-electron chi connectivity index (χ1n) is 7.46. The molecule has 3 aromatic rings. The molecule has 0 aliphatic carbocycles. The average Bonchev–Trinajstić information content (AvgIpc) is 2.66. The molecule has 1 heterocycles. The molecule has 0 aliphatic rings. The number of nitrogens with one attached hydrogen (secondary N) is 1. The number of ether oxygens (including phenoxy) is 2. The summed E-state index contributed by atoms with van der Waals surface area (Å²) in [6, 6.07) is 13.7. The Morgan fingerprint density at radius 3 is 2.64 bits per heavy atom. The summed E-state index contributed by atoms with van der Waals surface area (Å²) in [5.41, 5.74) is 2.86. The normalized spacial score (nSPS) is 9.68. The lowest BCUT2D eigenvalue weighted by Crippen LogP contribution is -2.03. The highest BCUT2D eigenvalue weighted by Gasteiger charge is 2.07. The van der Waals surface area contributed by atoms with Crippen molar-refractivity contribution in [3.05, 3.63) is 54.2 Å². The van der Waals surface area contributed by atoms with Crippen molar-refractivity contribution in [3.8, 4) is 11.5 Å². The van der Waals surface area contributed by atoms with Crippen molar-refractivity contribution < 1.29 is 19.4 Å². The summed E-state index contributed by atoms with van der Waals surface area (Å²) in [5.74, 6) is 1.56. The molecule has 0 saturated heterocycles. The molecule has 0 radical (unpaired) electrons. The highest BCUT2D eigenvalue weighted by atomic mass is 16.5. The third-order valence-corrected chi connectivity index (χ3v) is 3.51. The van der Waals surface area contributed by atoms with Gasteiger partial charge < -0.3 is 19.9 Å². The van der Waals surface area contributed by atoms with E-state index in [0.29, 0.717) is 6.54 Å². The Bertz CT molecular complexity index is 834. The van der Waals surface area contributed by atoms with Gasteiger partial charge in [-0.05, 0) is 18.2 Å². The van der Waals surface area contributed by atoms with Gasteiger partial charge in [0, 0.05) is 23.6 Å². The molecular weight excluding hydrogens is 322 g/mol. The number of carbonyl (C=O) groups is 1. The molecular formula is C18H19N3O4. The molecule has 7 nitrogen and oxygen atoms in total. The second kappa shape index (κ2) is 9.07. The van der Waals surface area contributed by atoms with Crippen LogP contribution in [0.2, 0.25) is 0 Å². The Balaban J connectivity index is 0.000000701. The van der Waals surface area contributed by atoms with E-state index in [1.54, 1.807) is 20.4 Å². The SMILES string of the molecule is COc1ccc(CNc2cnnc3ccccc23)c(OC)c1.O=CO. The lowest BCUT2D eigenvalue weighted by Gasteiger charge is -2.12. The van der Waals surface area contributed by atoms with Crippen LogP contribution in [0.15, 0.2) is 48.7 Å². The van der Waals surface area contributed by atoms with Crippen LogP contribution in [0.25, 0.3) is 10.9 Å². The Morgan fingerprint density at radius 1 is 1.16 bits per heavy atom. The van der Waals surface area contributed by atoms with Crippen molar-refractivity contribution in [1.29, 1.82) is 0 Å². The van der Waals surface area contributed by atoms with Gasteiger partial charge in [-0.1, -0.05) is 18.2 Å². The lowest BCUT2D eigenvalue weighted by atomic mass is 10.1. The predicted molar refractivity (Wildman–Crippen MR) is 95.1 cm³/mol. The lowest BCUT2D eigenvalue weighted by molar-refractivity contribution is -0.122. The van der Waals surface area contributed by atoms with Gasteiger partial charge in [0.1, 0.15) is 11.5 Å². The maximum atomic E-state index is 8.36. The summed E-state index contributed by atoms with van der Waals surface area (Å²) in [6.07, 6.45) is 1.73. The summed E-state index contributed by atoms with van der Waals surface area (Å²) in [6.45, 7) is 0.378. The minimum Gasteiger partial charge on any atom is -0.497 e. The summed E-state index contributed by atoms with van der Waals surface area (Å²) < 4.78 is 10.6. The number of carboxylic acid groups (broad SMARTS) is 1. The zero-order valence-electron chi connectivity index (χ0n) is 14.0. The third-order valence-electron chi connectivity index (χ3n) is 3.51. The first-order valence-corrected chi connectivity index (χ1v) is 7.46. The van der Waals surface area contributed by atoms with E-state index < -0.39 is 0 Å². The molecule has 1 aromatic heterocycles. The van der Waals surface area contributed by atoms with Crippen LogP contribution >= 0.6 is 0 Å². The second-order valence-electron chi connectivity index (χ2n) is 4.91. The summed E-state index contributed by atoms with van der Waals surface area (Å²) >= 11 is 0. The standard InChI is InChI=1S/C17H17N3O2.CH2O2/c1-21-13-8-7-12(17(9-13)22-2)10-18-16-11-19-20-15-6-4-3-5-14(15)16;2-1-3/h3-9,11H,10H2,1-2H3,(H,18,20);1H,(H,2,3). The van der Waals surface area contributed by atoms with E-state index in [-0.39, 0.29) is 6.47 Å². The first kappa shape index (κ1) is 18.0. The Hall–Kier alpha value is -3.35. The third kappa shape index (κ3) is 4.57. The first-order chi connectivity index (χ1) is 12.2. The van der Waals surface area contributed by atoms with E-state index in [4.69, 9.17) is 19.4 Å². The predicted octanol–water partition coefficient (Wildman–Crippen LogP) is 2.96. The van der Waals surface area contributed by atoms with Crippen LogP contribution in [-0.4, -0.2) is 36.0 Å². The van der Waals surface area contributed by atoms with Gasteiger partial charge in [-0.25, -0.2) is 0 Å². The zero-order valence-corrected chi connectivity index (χ0v) is 14.0. The molecule has 2 N–H and O–H groups in total. The Labute approximate surface area is 145 Å². The molecule has 0 aliphatic heterocycles.